The molecule has 4 atom stereocenters. The number of hydrogen-bond donors (Lipinski definition) is 3. The van der Waals surface area contributed by atoms with Gasteiger partial charge in [-0.15, -0.1) is 11.3 Å². The molecule has 0 radical (unpaired) electrons. The molecule has 0 unspecified atom stereocenters. The first-order chi connectivity index (χ1) is 21.2. The molecule has 7 heteroatoms. The van der Waals surface area contributed by atoms with Gasteiger partial charge >= 0.3 is 0 Å². The summed E-state index contributed by atoms with van der Waals surface area (Å²) in [6.07, 6.45) is 7.12. The number of ketones is 1. The van der Waals surface area contributed by atoms with Crippen LogP contribution in [0.1, 0.15) is 84.7 Å². The fourth-order valence-corrected chi connectivity index (χ4v) is 9.12. The minimum Gasteiger partial charge on any atom is -0.395 e. The SMILES string of the molecule is CC1=CCC[C@@]2(C)[C@@H](CC[C@@]2(O)CN2CCN(CCO)CC2)c2ccc(cc2C(=O)c2cc3ccccc3s2)C[C@@H](O)CC1. The molecule has 2 fully saturated rings. The van der Waals surface area contributed by atoms with Crippen molar-refractivity contribution in [2.24, 2.45) is 5.41 Å². The van der Waals surface area contributed by atoms with Crippen LogP contribution in [0.3, 0.4) is 0 Å². The van der Waals surface area contributed by atoms with Crippen molar-refractivity contribution in [1.29, 1.82) is 0 Å². The maximum absolute atomic E-state index is 14.4. The number of carbonyl (C=O) groups is 1. The van der Waals surface area contributed by atoms with Crippen molar-refractivity contribution >= 4 is 27.2 Å². The van der Waals surface area contributed by atoms with E-state index in [4.69, 9.17) is 0 Å². The Balaban J connectivity index is 1.39. The van der Waals surface area contributed by atoms with Gasteiger partial charge < -0.3 is 15.3 Å². The topological polar surface area (TPSA) is 84.2 Å². The summed E-state index contributed by atoms with van der Waals surface area (Å²) in [4.78, 5) is 19.8. The number of β-amino-alcohol motifs (C(OH)–C–C–N with tert-alkyl or cyclic N) is 2. The standard InChI is InChI=1S/C37H48N2O4S/c1-26-6-5-14-36(2)32(13-15-37(36,43)25-39-18-16-38(17-19-39)20-21-40)30-12-10-27(22-29(41)11-9-26)23-31(30)35(42)34-24-28-7-3-4-8-33(28)44-34/h3-4,6-8,10,12,23-24,29,32,40-41,43H,5,9,11,13-22,25H2,1-2H3/t29-,32-,36-,37+/m0/s1. The van der Waals surface area contributed by atoms with Gasteiger partial charge in [-0.1, -0.05) is 48.9 Å². The lowest BCUT2D eigenvalue weighted by Gasteiger charge is -2.47. The fourth-order valence-electron chi connectivity index (χ4n) is 8.11. The van der Waals surface area contributed by atoms with E-state index in [1.54, 1.807) is 11.3 Å². The van der Waals surface area contributed by atoms with Crippen LogP contribution in [0.4, 0.5) is 0 Å². The molecule has 3 aliphatic carbocycles. The highest BCUT2D eigenvalue weighted by atomic mass is 32.1. The zero-order chi connectivity index (χ0) is 30.9. The fraction of sp³-hybridized carbons (Fsp3) is 0.541. The Hall–Kier alpha value is -2.39. The minimum atomic E-state index is -0.886. The molecule has 236 valence electrons. The molecule has 7 rings (SSSR count). The second-order valence-corrected chi connectivity index (χ2v) is 14.9. The maximum atomic E-state index is 14.4. The van der Waals surface area contributed by atoms with Gasteiger partial charge in [0.25, 0.3) is 0 Å². The van der Waals surface area contributed by atoms with Crippen LogP contribution in [0.25, 0.3) is 10.1 Å². The normalized spacial score (nSPS) is 29.0. The lowest BCUT2D eigenvalue weighted by atomic mass is 9.64. The van der Waals surface area contributed by atoms with Crippen molar-refractivity contribution in [3.05, 3.63) is 81.7 Å². The van der Waals surface area contributed by atoms with Crippen molar-refractivity contribution in [2.45, 2.75) is 76.4 Å². The number of aliphatic hydroxyl groups is 3. The molecule has 6 nitrogen and oxygen atoms in total. The second-order valence-electron chi connectivity index (χ2n) is 13.8. The van der Waals surface area contributed by atoms with E-state index < -0.39 is 17.1 Å². The van der Waals surface area contributed by atoms with Crippen LogP contribution in [0.15, 0.2) is 60.2 Å². The highest BCUT2D eigenvalue weighted by molar-refractivity contribution is 7.21. The highest BCUT2D eigenvalue weighted by Gasteiger charge is 2.57. The van der Waals surface area contributed by atoms with E-state index in [1.165, 1.54) is 5.57 Å². The third-order valence-corrected chi connectivity index (χ3v) is 12.0. The second kappa shape index (κ2) is 13.1. The van der Waals surface area contributed by atoms with Crippen molar-refractivity contribution in [2.75, 3.05) is 45.9 Å². The van der Waals surface area contributed by atoms with Crippen LogP contribution < -0.4 is 0 Å². The van der Waals surface area contributed by atoms with Gasteiger partial charge in [-0.25, -0.2) is 0 Å². The molecule has 1 aliphatic heterocycles. The summed E-state index contributed by atoms with van der Waals surface area (Å²) in [6.45, 7) is 9.50. The van der Waals surface area contributed by atoms with E-state index in [0.717, 1.165) is 83.5 Å². The minimum absolute atomic E-state index is 0.0344. The molecular weight excluding hydrogens is 568 g/mol. The van der Waals surface area contributed by atoms with Gasteiger partial charge in [-0.05, 0) is 92.5 Å². The molecule has 1 aromatic heterocycles. The van der Waals surface area contributed by atoms with Gasteiger partial charge in [0.15, 0.2) is 0 Å². The van der Waals surface area contributed by atoms with Gasteiger partial charge in [0.05, 0.1) is 23.2 Å². The zero-order valence-corrected chi connectivity index (χ0v) is 27.1. The van der Waals surface area contributed by atoms with E-state index in [1.807, 2.05) is 24.3 Å². The van der Waals surface area contributed by atoms with Gasteiger partial charge in [-0.3, -0.25) is 14.6 Å². The predicted molar refractivity (Wildman–Crippen MR) is 179 cm³/mol. The first-order valence-electron chi connectivity index (χ1n) is 16.5. The molecule has 3 aromatic rings. The Morgan fingerprint density at radius 1 is 1.02 bits per heavy atom. The number of nitrogens with zero attached hydrogens (tertiary/aromatic N) is 2. The van der Waals surface area contributed by atoms with Crippen molar-refractivity contribution in [3.63, 3.8) is 0 Å². The van der Waals surface area contributed by atoms with Crippen molar-refractivity contribution < 1.29 is 20.1 Å². The summed E-state index contributed by atoms with van der Waals surface area (Å²) in [5.41, 5.74) is 2.73. The van der Waals surface area contributed by atoms with Crippen LogP contribution in [0.5, 0.6) is 0 Å². The molecule has 44 heavy (non-hydrogen) atoms. The largest absolute Gasteiger partial charge is 0.395 e. The quantitative estimate of drug-likeness (QED) is 0.241. The lowest BCUT2D eigenvalue weighted by molar-refractivity contribution is -0.0888. The first-order valence-corrected chi connectivity index (χ1v) is 17.3. The monoisotopic (exact) mass is 616 g/mol. The van der Waals surface area contributed by atoms with Gasteiger partial charge in [0.2, 0.25) is 5.78 Å². The van der Waals surface area contributed by atoms with Crippen LogP contribution in [-0.2, 0) is 6.42 Å². The average molecular weight is 617 g/mol. The number of aliphatic hydroxyl groups excluding tert-OH is 2. The third kappa shape index (κ3) is 6.33. The van der Waals surface area contributed by atoms with E-state index in [9.17, 15) is 20.1 Å². The van der Waals surface area contributed by atoms with E-state index >= 15 is 0 Å². The number of hydrogen-bond acceptors (Lipinski definition) is 7. The number of allylic oxidation sites excluding steroid dienone is 2. The van der Waals surface area contributed by atoms with Crippen LogP contribution in [0.2, 0.25) is 0 Å². The summed E-state index contributed by atoms with van der Waals surface area (Å²) < 4.78 is 1.10. The lowest BCUT2D eigenvalue weighted by Crippen LogP contribution is -2.56. The van der Waals surface area contributed by atoms with Gasteiger partial charge in [0, 0.05) is 54.9 Å². The number of piperazine rings is 1. The number of carbonyl (C=O) groups excluding carboxylic acids is 1. The third-order valence-electron chi connectivity index (χ3n) is 10.9. The van der Waals surface area contributed by atoms with Crippen LogP contribution >= 0.6 is 11.3 Å². The van der Waals surface area contributed by atoms with Gasteiger partial charge in [0.1, 0.15) is 0 Å². The average Bonchev–Trinajstić information content (AvgIpc) is 3.55. The molecule has 1 saturated carbocycles. The zero-order valence-electron chi connectivity index (χ0n) is 26.3. The number of thiophene rings is 1. The van der Waals surface area contributed by atoms with E-state index in [-0.39, 0.29) is 18.3 Å². The molecule has 0 spiro atoms. The Kier molecular flexibility index (Phi) is 9.44. The molecule has 2 heterocycles. The van der Waals surface area contributed by atoms with Gasteiger partial charge in [-0.2, -0.15) is 0 Å². The smallest absolute Gasteiger partial charge is 0.203 e. The predicted octanol–water partition coefficient (Wildman–Crippen LogP) is 5.78. The number of benzene rings is 2. The number of rotatable bonds is 6. The summed E-state index contributed by atoms with van der Waals surface area (Å²) in [5, 5.41) is 34.0. The Morgan fingerprint density at radius 2 is 1.80 bits per heavy atom. The molecule has 4 aliphatic rings. The molecule has 3 N–H and O–H groups in total. The Morgan fingerprint density at radius 3 is 2.57 bits per heavy atom. The maximum Gasteiger partial charge on any atom is 0.203 e. The van der Waals surface area contributed by atoms with E-state index in [2.05, 4.69) is 54.0 Å². The molecule has 2 aromatic carbocycles. The molecule has 1 saturated heterocycles. The Bertz CT molecular complexity index is 1480. The first kappa shape index (κ1) is 31.6. The van der Waals surface area contributed by atoms with Crippen molar-refractivity contribution in [1.82, 2.24) is 9.80 Å². The van der Waals surface area contributed by atoms with Crippen LogP contribution in [0, 0.1) is 5.41 Å². The van der Waals surface area contributed by atoms with Crippen molar-refractivity contribution in [3.8, 4) is 0 Å². The Labute approximate surface area is 266 Å². The molecule has 0 amide bonds. The summed E-state index contributed by atoms with van der Waals surface area (Å²) >= 11 is 1.54. The molecule has 2 bridgehead atoms. The number of fused-ring (bicyclic) bond motifs is 9. The van der Waals surface area contributed by atoms with E-state index in [0.29, 0.717) is 32.4 Å². The van der Waals surface area contributed by atoms with Crippen LogP contribution in [-0.4, -0.2) is 88.5 Å². The summed E-state index contributed by atoms with van der Waals surface area (Å²) in [5.74, 6) is 0.0743. The highest BCUT2D eigenvalue weighted by Crippen LogP contribution is 2.59. The summed E-state index contributed by atoms with van der Waals surface area (Å²) in [6, 6.07) is 16.4. The summed E-state index contributed by atoms with van der Waals surface area (Å²) in [7, 11) is 0. The molecular formula is C37H48N2O4S.